The number of unbranched alkanes of at least 4 members (excludes halogenated alkanes) is 4. The summed E-state index contributed by atoms with van der Waals surface area (Å²) in [4.78, 5) is 30.1. The van der Waals surface area contributed by atoms with E-state index in [4.69, 9.17) is 0 Å². The molecular weight excluding hydrogens is 636 g/mol. The van der Waals surface area contributed by atoms with Crippen LogP contribution in [-0.4, -0.2) is 48.3 Å². The molecular formula is C27H33F5N4O4S3. The molecule has 0 bridgehead atoms. The quantitative estimate of drug-likeness (QED) is 0.103. The zero-order valence-corrected chi connectivity index (χ0v) is 26.3. The van der Waals surface area contributed by atoms with Gasteiger partial charge in [0, 0.05) is 18.7 Å². The summed E-state index contributed by atoms with van der Waals surface area (Å²) in [5, 5.41) is 2.81. The predicted octanol–water partition coefficient (Wildman–Crippen LogP) is 6.92. The summed E-state index contributed by atoms with van der Waals surface area (Å²) in [5.74, 6) is -5.50. The van der Waals surface area contributed by atoms with Crippen molar-refractivity contribution in [3.8, 4) is 5.69 Å². The Balaban J connectivity index is 1.94. The number of hydrogen-bond donors (Lipinski definition) is 2. The first-order valence-electron chi connectivity index (χ1n) is 13.6. The number of carbonyl (C=O) groups excluding carboxylic acids is 1. The molecule has 0 atom stereocenters. The highest BCUT2D eigenvalue weighted by Gasteiger charge is 2.56. The van der Waals surface area contributed by atoms with E-state index in [9.17, 15) is 40.0 Å². The molecule has 0 spiro atoms. The number of alkyl halides is 5. The largest absolute Gasteiger partial charge is 0.453 e. The fourth-order valence-corrected chi connectivity index (χ4v) is 7.57. The van der Waals surface area contributed by atoms with Crippen molar-refractivity contribution in [1.82, 2.24) is 14.9 Å². The number of nitrogens with one attached hydrogen (secondary N) is 2. The van der Waals surface area contributed by atoms with Crippen LogP contribution < -0.4 is 15.7 Å². The number of hydrogen-bond acceptors (Lipinski definition) is 7. The summed E-state index contributed by atoms with van der Waals surface area (Å²) >= 11 is 1.97. The molecule has 0 unspecified atom stereocenters. The minimum Gasteiger partial charge on any atom is -0.351 e. The van der Waals surface area contributed by atoms with Crippen LogP contribution in [0, 0.1) is 13.8 Å². The van der Waals surface area contributed by atoms with Gasteiger partial charge in [-0.15, -0.1) is 23.1 Å². The average molecular weight is 669 g/mol. The van der Waals surface area contributed by atoms with Gasteiger partial charge < -0.3 is 5.32 Å². The number of sulfonamides is 1. The lowest BCUT2D eigenvalue weighted by atomic mass is 10.1. The van der Waals surface area contributed by atoms with Crippen molar-refractivity contribution >= 4 is 44.8 Å². The highest BCUT2D eigenvalue weighted by Crippen LogP contribution is 2.41. The molecule has 8 nitrogen and oxygen atoms in total. The first kappa shape index (κ1) is 34.8. The van der Waals surface area contributed by atoms with E-state index >= 15 is 0 Å². The van der Waals surface area contributed by atoms with Crippen molar-refractivity contribution in [2.75, 3.05) is 17.0 Å². The summed E-state index contributed by atoms with van der Waals surface area (Å²) in [6.45, 7) is 5.76. The van der Waals surface area contributed by atoms with Crippen molar-refractivity contribution in [2.45, 2.75) is 86.9 Å². The minimum atomic E-state index is -5.64. The molecule has 0 aliphatic carbocycles. The van der Waals surface area contributed by atoms with Crippen LogP contribution in [0.3, 0.4) is 0 Å². The van der Waals surface area contributed by atoms with Crippen molar-refractivity contribution in [2.24, 2.45) is 0 Å². The van der Waals surface area contributed by atoms with Gasteiger partial charge in [-0.2, -0.15) is 26.9 Å². The zero-order chi connectivity index (χ0) is 32.0. The average Bonchev–Trinajstić information content (AvgIpc) is 3.24. The van der Waals surface area contributed by atoms with E-state index in [1.165, 1.54) is 19.1 Å². The van der Waals surface area contributed by atoms with Crippen LogP contribution in [0.2, 0.25) is 0 Å². The van der Waals surface area contributed by atoms with E-state index in [1.54, 1.807) is 19.1 Å². The maximum Gasteiger partial charge on any atom is 0.453 e. The van der Waals surface area contributed by atoms with Crippen LogP contribution in [0.5, 0.6) is 0 Å². The number of benzene rings is 1. The topological polar surface area (TPSA) is 110 Å². The van der Waals surface area contributed by atoms with E-state index in [2.05, 4.69) is 21.9 Å². The lowest BCUT2D eigenvalue weighted by Gasteiger charge is -2.19. The SMILES string of the molecule is CCCCCCNC(=O)c1sc(SCCCCC(F)(F)C(F)(F)F)c2c(NS(=O)(=O)c3ccc(C)cc3)nc(=O)n-2c1C. The number of aryl methyl sites for hydroxylation is 1. The number of aromatic nitrogens is 2. The molecule has 43 heavy (non-hydrogen) atoms. The van der Waals surface area contributed by atoms with Gasteiger partial charge >= 0.3 is 17.8 Å². The Bertz CT molecular complexity index is 1540. The molecule has 2 aliphatic rings. The van der Waals surface area contributed by atoms with Crippen molar-refractivity contribution < 1.29 is 35.2 Å². The van der Waals surface area contributed by atoms with Gasteiger partial charge in [0.2, 0.25) is 0 Å². The summed E-state index contributed by atoms with van der Waals surface area (Å²) in [5.41, 5.74) is 0.269. The Hall–Kier alpha value is -2.72. The van der Waals surface area contributed by atoms with Gasteiger partial charge in [-0.1, -0.05) is 43.9 Å². The third-order valence-corrected chi connectivity index (χ3v) is 10.5. The van der Waals surface area contributed by atoms with Gasteiger partial charge in [0.15, 0.2) is 5.82 Å². The van der Waals surface area contributed by atoms with E-state index < -0.39 is 46.6 Å². The third-order valence-electron chi connectivity index (χ3n) is 6.52. The van der Waals surface area contributed by atoms with Crippen LogP contribution in [0.4, 0.5) is 27.8 Å². The fourth-order valence-electron chi connectivity index (χ4n) is 4.09. The Labute approximate surface area is 254 Å². The van der Waals surface area contributed by atoms with Crippen LogP contribution in [0.25, 0.3) is 5.69 Å². The van der Waals surface area contributed by atoms with Crippen LogP contribution in [0.1, 0.15) is 72.8 Å². The molecule has 1 aromatic rings. The maximum atomic E-state index is 13.3. The maximum absolute atomic E-state index is 13.3. The van der Waals surface area contributed by atoms with E-state index in [1.807, 2.05) is 0 Å². The molecule has 1 aromatic carbocycles. The summed E-state index contributed by atoms with van der Waals surface area (Å²) in [7, 11) is -4.18. The van der Waals surface area contributed by atoms with Gasteiger partial charge in [0.25, 0.3) is 15.9 Å². The number of rotatable bonds is 15. The Morgan fingerprint density at radius 2 is 1.70 bits per heavy atom. The zero-order valence-electron chi connectivity index (χ0n) is 23.8. The lowest BCUT2D eigenvalue weighted by molar-refractivity contribution is -0.284. The number of fused-ring (bicyclic) bond motifs is 1. The first-order valence-corrected chi connectivity index (χ1v) is 16.9. The fraction of sp³-hybridized carbons (Fsp3) is 0.519. The molecule has 2 N–H and O–H groups in total. The second kappa shape index (κ2) is 14.4. The molecule has 238 valence electrons. The highest BCUT2D eigenvalue weighted by atomic mass is 32.2. The van der Waals surface area contributed by atoms with E-state index in [0.717, 1.165) is 58.9 Å². The second-order valence-corrected chi connectivity index (χ2v) is 14.0. The molecule has 0 saturated heterocycles. The van der Waals surface area contributed by atoms with E-state index in [-0.39, 0.29) is 43.4 Å². The standard InChI is InChI=1S/C27H33F5N4O4S3/c1-4-5-6-8-15-33-23(37)21-18(3)36-20(24(42-21)41-16-9-7-14-26(28,29)27(30,31)32)22(34-25(36)38)35-43(39,40)19-12-10-17(2)11-13-19/h10-13H,4-9,14-16H2,1-3H3,(H,33,37)(H,34,35,38). The highest BCUT2D eigenvalue weighted by molar-refractivity contribution is 8.01. The molecule has 0 radical (unpaired) electrons. The smallest absolute Gasteiger partial charge is 0.351 e. The molecule has 2 aliphatic heterocycles. The van der Waals surface area contributed by atoms with E-state index in [0.29, 0.717) is 6.54 Å². The summed E-state index contributed by atoms with van der Waals surface area (Å²) < 4.78 is 94.2. The molecule has 0 aromatic heterocycles. The number of nitrogens with zero attached hydrogens (tertiary/aromatic N) is 2. The lowest BCUT2D eigenvalue weighted by Crippen LogP contribution is -2.36. The van der Waals surface area contributed by atoms with Gasteiger partial charge in [-0.05, 0) is 51.0 Å². The van der Waals surface area contributed by atoms with Gasteiger partial charge in [0.1, 0.15) is 10.6 Å². The molecule has 0 fully saturated rings. The predicted molar refractivity (Wildman–Crippen MR) is 158 cm³/mol. The molecule has 1 amide bonds. The minimum absolute atomic E-state index is 0.0369. The summed E-state index contributed by atoms with van der Waals surface area (Å²) in [6, 6.07) is 5.97. The van der Waals surface area contributed by atoms with Crippen LogP contribution >= 0.6 is 23.1 Å². The van der Waals surface area contributed by atoms with Crippen LogP contribution in [-0.2, 0) is 10.0 Å². The van der Waals surface area contributed by atoms with Crippen molar-refractivity contribution in [1.29, 1.82) is 0 Å². The number of amides is 1. The molecule has 3 rings (SSSR count). The first-order chi connectivity index (χ1) is 20.1. The number of halogens is 5. The summed E-state index contributed by atoms with van der Waals surface area (Å²) in [6.07, 6.45) is -3.80. The Morgan fingerprint density at radius 1 is 1.02 bits per heavy atom. The Kier molecular flexibility index (Phi) is 11.6. The second-order valence-electron chi connectivity index (χ2n) is 9.97. The van der Waals surface area contributed by atoms with Crippen molar-refractivity contribution in [3.05, 3.63) is 50.9 Å². The van der Waals surface area contributed by atoms with Gasteiger partial charge in [-0.3, -0.25) is 14.1 Å². The Morgan fingerprint density at radius 3 is 2.33 bits per heavy atom. The number of imidazole rings is 1. The molecule has 16 heteroatoms. The number of thioether (sulfide) groups is 1. The normalized spacial score (nSPS) is 12.6. The van der Waals surface area contributed by atoms with Crippen LogP contribution in [0.15, 0.2) is 38.2 Å². The third kappa shape index (κ3) is 8.69. The van der Waals surface area contributed by atoms with Gasteiger partial charge in [-0.25, -0.2) is 13.2 Å². The monoisotopic (exact) mass is 668 g/mol. The molecule has 2 heterocycles. The molecule has 0 saturated carbocycles. The number of anilines is 1. The van der Waals surface area contributed by atoms with Crippen molar-refractivity contribution in [3.63, 3.8) is 0 Å². The number of carbonyl (C=O) groups is 1. The van der Waals surface area contributed by atoms with Gasteiger partial charge in [0.05, 0.1) is 9.10 Å².